The quantitative estimate of drug-likeness (QED) is 0.449. The smallest absolute Gasteiger partial charge is 0.178 e. The van der Waals surface area contributed by atoms with Gasteiger partial charge in [-0.05, 0) is 56.6 Å². The van der Waals surface area contributed by atoms with Crippen molar-refractivity contribution in [2.24, 2.45) is 28.6 Å². The van der Waals surface area contributed by atoms with E-state index < -0.39 is 34.1 Å². The molecular weight excluding hydrogens is 474 g/mol. The lowest BCUT2D eigenvalue weighted by Gasteiger charge is -2.62. The van der Waals surface area contributed by atoms with E-state index in [0.29, 0.717) is 19.3 Å². The topological polar surface area (TPSA) is 74.6 Å². The molecule has 154 valence electrons. The van der Waals surface area contributed by atoms with Crippen LogP contribution >= 0.6 is 22.6 Å². The zero-order valence-corrected chi connectivity index (χ0v) is 18.7. The molecule has 0 spiro atoms. The van der Waals surface area contributed by atoms with Gasteiger partial charge in [0, 0.05) is 16.7 Å². The number of aliphatic hydroxyl groups excluding tert-OH is 1. The van der Waals surface area contributed by atoms with Crippen molar-refractivity contribution in [3.05, 3.63) is 23.8 Å². The molecule has 0 aliphatic heterocycles. The Bertz CT molecular complexity index is 808. The third-order valence-electron chi connectivity index (χ3n) is 8.77. The van der Waals surface area contributed by atoms with E-state index in [-0.39, 0.29) is 34.3 Å². The highest BCUT2D eigenvalue weighted by Gasteiger charge is 2.75. The van der Waals surface area contributed by atoms with Crippen LogP contribution in [0.5, 0.6) is 0 Å². The minimum atomic E-state index is -1.92. The monoisotopic (exact) mass is 502 g/mol. The molecule has 4 nitrogen and oxygen atoms in total. The van der Waals surface area contributed by atoms with Crippen LogP contribution in [0.25, 0.3) is 0 Å². The molecule has 28 heavy (non-hydrogen) atoms. The molecule has 4 aliphatic carbocycles. The molecule has 3 fully saturated rings. The van der Waals surface area contributed by atoms with Crippen LogP contribution in [-0.2, 0) is 9.59 Å². The van der Waals surface area contributed by atoms with Gasteiger partial charge in [-0.15, -0.1) is 0 Å². The van der Waals surface area contributed by atoms with Crippen LogP contribution in [0, 0.1) is 28.6 Å². The SMILES string of the molecule is C[C@@H]1C[C@H]2[C@@H]3CCC4=CC(=O)C=C[C@]4(C)[C@@]3(F)[C@@H](O)C[C@]2(C)[C@@]1(O)C(=O)CI. The molecule has 0 bridgehead atoms. The molecule has 0 unspecified atom stereocenters. The Morgan fingerprint density at radius 3 is 2.68 bits per heavy atom. The summed E-state index contributed by atoms with van der Waals surface area (Å²) in [6.07, 6.45) is 4.95. The Balaban J connectivity index is 1.84. The van der Waals surface area contributed by atoms with Crippen LogP contribution < -0.4 is 0 Å². The Labute approximate surface area is 178 Å². The number of aliphatic hydroxyl groups is 2. The lowest BCUT2D eigenvalue weighted by molar-refractivity contribution is -0.218. The number of carbonyl (C=O) groups excluding carboxylic acids is 2. The van der Waals surface area contributed by atoms with Crippen LogP contribution in [0.4, 0.5) is 4.39 Å². The number of carbonyl (C=O) groups is 2. The number of allylic oxidation sites excluding steroid dienone is 4. The molecule has 8 atom stereocenters. The molecule has 0 saturated heterocycles. The zero-order valence-electron chi connectivity index (χ0n) is 16.5. The summed E-state index contributed by atoms with van der Waals surface area (Å²) in [6.45, 7) is 5.51. The number of hydrogen-bond donors (Lipinski definition) is 2. The van der Waals surface area contributed by atoms with E-state index >= 15 is 4.39 Å². The maximum atomic E-state index is 16.9. The number of Topliss-reactive ketones (excluding diaryl/α,β-unsaturated/α-hetero) is 1. The number of hydrogen-bond acceptors (Lipinski definition) is 4. The van der Waals surface area contributed by atoms with Gasteiger partial charge in [0.1, 0.15) is 5.60 Å². The van der Waals surface area contributed by atoms with E-state index in [1.54, 1.807) is 13.0 Å². The molecule has 0 heterocycles. The normalized spacial score (nSPS) is 52.5. The van der Waals surface area contributed by atoms with Crippen molar-refractivity contribution in [3.8, 4) is 0 Å². The number of fused-ring (bicyclic) bond motifs is 5. The third-order valence-corrected chi connectivity index (χ3v) is 9.46. The average Bonchev–Trinajstić information content (AvgIpc) is 2.84. The van der Waals surface area contributed by atoms with Gasteiger partial charge in [-0.1, -0.05) is 48.1 Å². The second-order valence-corrected chi connectivity index (χ2v) is 10.5. The van der Waals surface area contributed by atoms with Crippen molar-refractivity contribution in [1.29, 1.82) is 0 Å². The maximum Gasteiger partial charge on any atom is 0.178 e. The summed E-state index contributed by atoms with van der Waals surface area (Å²) < 4.78 is 17.1. The molecule has 0 radical (unpaired) electrons. The summed E-state index contributed by atoms with van der Waals surface area (Å²) in [5.74, 6) is -1.32. The third kappa shape index (κ3) is 2.17. The maximum absolute atomic E-state index is 16.9. The Morgan fingerprint density at radius 1 is 1.36 bits per heavy atom. The van der Waals surface area contributed by atoms with Crippen LogP contribution in [-0.4, -0.2) is 43.6 Å². The van der Waals surface area contributed by atoms with Crippen LogP contribution in [0.15, 0.2) is 23.8 Å². The zero-order chi connectivity index (χ0) is 20.7. The summed E-state index contributed by atoms with van der Waals surface area (Å²) in [5.41, 5.74) is -4.62. The summed E-state index contributed by atoms with van der Waals surface area (Å²) in [7, 11) is 0. The van der Waals surface area contributed by atoms with Gasteiger partial charge in [0.05, 0.1) is 10.5 Å². The first kappa shape index (κ1) is 20.7. The molecule has 3 saturated carbocycles. The first-order chi connectivity index (χ1) is 13.0. The van der Waals surface area contributed by atoms with E-state index in [4.69, 9.17) is 0 Å². The average molecular weight is 502 g/mol. The minimum absolute atomic E-state index is 0.0402. The summed E-state index contributed by atoms with van der Waals surface area (Å²) in [6, 6.07) is 0. The van der Waals surface area contributed by atoms with Gasteiger partial charge in [0.15, 0.2) is 17.2 Å². The van der Waals surface area contributed by atoms with Crippen LogP contribution in [0.3, 0.4) is 0 Å². The molecule has 0 aromatic heterocycles. The first-order valence-corrected chi connectivity index (χ1v) is 11.6. The van der Waals surface area contributed by atoms with E-state index in [9.17, 15) is 19.8 Å². The van der Waals surface area contributed by atoms with Gasteiger partial charge in [-0.3, -0.25) is 9.59 Å². The Morgan fingerprint density at radius 2 is 2.04 bits per heavy atom. The van der Waals surface area contributed by atoms with E-state index in [0.717, 1.165) is 5.57 Å². The largest absolute Gasteiger partial charge is 0.390 e. The van der Waals surface area contributed by atoms with Gasteiger partial charge in [0.2, 0.25) is 0 Å². The fraction of sp³-hybridized carbons (Fsp3) is 0.727. The molecular formula is C22H28FIO4. The van der Waals surface area contributed by atoms with Crippen molar-refractivity contribution in [3.63, 3.8) is 0 Å². The highest BCUT2D eigenvalue weighted by molar-refractivity contribution is 14.1. The summed E-state index contributed by atoms with van der Waals surface area (Å²) in [4.78, 5) is 24.6. The molecule has 4 rings (SSSR count). The van der Waals surface area contributed by atoms with Crippen LogP contribution in [0.1, 0.15) is 46.5 Å². The van der Waals surface area contributed by atoms with Gasteiger partial charge < -0.3 is 10.2 Å². The first-order valence-electron chi connectivity index (χ1n) is 10.1. The van der Waals surface area contributed by atoms with Gasteiger partial charge in [-0.25, -0.2) is 4.39 Å². The number of rotatable bonds is 2. The highest BCUT2D eigenvalue weighted by atomic mass is 127. The van der Waals surface area contributed by atoms with Gasteiger partial charge >= 0.3 is 0 Å². The van der Waals surface area contributed by atoms with Gasteiger partial charge in [-0.2, -0.15) is 0 Å². The molecule has 0 aromatic carbocycles. The number of halogens is 2. The summed E-state index contributed by atoms with van der Waals surface area (Å²) in [5, 5.41) is 22.7. The van der Waals surface area contributed by atoms with Crippen molar-refractivity contribution in [1.82, 2.24) is 0 Å². The Kier molecular flexibility index (Phi) is 4.58. The second kappa shape index (κ2) is 6.20. The van der Waals surface area contributed by atoms with E-state index in [2.05, 4.69) is 0 Å². The van der Waals surface area contributed by atoms with Crippen molar-refractivity contribution in [2.45, 2.75) is 63.8 Å². The predicted molar refractivity (Wildman–Crippen MR) is 112 cm³/mol. The van der Waals surface area contributed by atoms with Gasteiger partial charge in [0.25, 0.3) is 0 Å². The van der Waals surface area contributed by atoms with Crippen molar-refractivity contribution < 1.29 is 24.2 Å². The fourth-order valence-electron chi connectivity index (χ4n) is 7.24. The molecule has 2 N–H and O–H groups in total. The second-order valence-electron chi connectivity index (χ2n) is 9.72. The molecule has 0 aromatic rings. The lowest BCUT2D eigenvalue weighted by Crippen LogP contribution is -2.69. The molecule has 6 heteroatoms. The molecule has 0 amide bonds. The Hall–Kier alpha value is -0.600. The number of ketones is 2. The predicted octanol–water partition coefficient (Wildman–Crippen LogP) is 3.34. The minimum Gasteiger partial charge on any atom is -0.390 e. The van der Waals surface area contributed by atoms with Crippen molar-refractivity contribution in [2.75, 3.05) is 4.43 Å². The van der Waals surface area contributed by atoms with Crippen molar-refractivity contribution >= 4 is 34.2 Å². The fourth-order valence-corrected chi connectivity index (χ4v) is 7.82. The standard InChI is InChI=1S/C22H28FIO4/c1-12-8-16-15-5-4-13-9-14(25)6-7-19(13,2)21(15,23)17(26)10-20(16,3)22(12,28)18(27)11-24/h6-7,9,12,15-17,26,28H,4-5,8,10-11H2,1-3H3/t12-,15+,16+,17+,19+,20+,21+,22+/m1/s1. The summed E-state index contributed by atoms with van der Waals surface area (Å²) >= 11 is 1.97. The lowest BCUT2D eigenvalue weighted by atomic mass is 9.44. The number of alkyl halides is 2. The van der Waals surface area contributed by atoms with E-state index in [1.165, 1.54) is 12.2 Å². The van der Waals surface area contributed by atoms with E-state index in [1.807, 2.05) is 36.4 Å². The molecule has 4 aliphatic rings. The van der Waals surface area contributed by atoms with Crippen LogP contribution in [0.2, 0.25) is 0 Å². The highest BCUT2D eigenvalue weighted by Crippen LogP contribution is 2.70.